The van der Waals surface area contributed by atoms with Crippen molar-refractivity contribution in [2.75, 3.05) is 29.3 Å². The van der Waals surface area contributed by atoms with Gasteiger partial charge in [0.15, 0.2) is 5.13 Å². The second kappa shape index (κ2) is 9.27. The fourth-order valence-electron chi connectivity index (χ4n) is 4.48. The standard InChI is InChI=1S/C25H24FN5O4S2/c1-25(2,31-12-10-19-20(26)4-3-5-21(19)31)23(33)29-13-14-30(22(32)16-29)17-6-8-18(9-7-17)37(34,35)28-24-27-11-15-36-24/h3-12,15H,13-14,16H2,1-2H3,(H,27,28). The number of halogens is 1. The molecule has 3 heterocycles. The van der Waals surface area contributed by atoms with Crippen LogP contribution in [0.1, 0.15) is 13.8 Å². The van der Waals surface area contributed by atoms with Crippen molar-refractivity contribution >= 4 is 54.9 Å². The van der Waals surface area contributed by atoms with Gasteiger partial charge in [0.25, 0.3) is 10.0 Å². The number of benzene rings is 2. The summed E-state index contributed by atoms with van der Waals surface area (Å²) in [5, 5.41) is 2.36. The van der Waals surface area contributed by atoms with E-state index in [9.17, 15) is 22.4 Å². The number of rotatable bonds is 6. The smallest absolute Gasteiger partial charge is 0.263 e. The second-order valence-electron chi connectivity index (χ2n) is 9.13. The molecule has 9 nitrogen and oxygen atoms in total. The molecular formula is C25H24FN5O4S2. The Kier molecular flexibility index (Phi) is 6.24. The molecule has 0 atom stereocenters. The first kappa shape index (κ1) is 24.9. The van der Waals surface area contributed by atoms with Gasteiger partial charge in [-0.25, -0.2) is 17.8 Å². The van der Waals surface area contributed by atoms with Gasteiger partial charge in [-0.05, 0) is 56.3 Å². The predicted octanol–water partition coefficient (Wildman–Crippen LogP) is 3.65. The third-order valence-electron chi connectivity index (χ3n) is 6.43. The van der Waals surface area contributed by atoms with Crippen LogP contribution in [-0.2, 0) is 25.2 Å². The topological polar surface area (TPSA) is 105 Å². The number of hydrogen-bond donors (Lipinski definition) is 1. The van der Waals surface area contributed by atoms with Crippen LogP contribution in [0.25, 0.3) is 10.9 Å². The molecule has 0 bridgehead atoms. The summed E-state index contributed by atoms with van der Waals surface area (Å²) in [4.78, 5) is 33.5. The number of nitrogens with one attached hydrogen (secondary N) is 1. The Balaban J connectivity index is 1.29. The number of piperazine rings is 1. The summed E-state index contributed by atoms with van der Waals surface area (Å²) in [7, 11) is -3.80. The maximum atomic E-state index is 14.2. The highest BCUT2D eigenvalue weighted by atomic mass is 32.2. The van der Waals surface area contributed by atoms with Gasteiger partial charge in [-0.1, -0.05) is 6.07 Å². The fraction of sp³-hybridized carbons (Fsp3) is 0.240. The normalized spacial score (nSPS) is 14.8. The maximum absolute atomic E-state index is 14.2. The number of carbonyl (C=O) groups is 2. The van der Waals surface area contributed by atoms with Crippen LogP contribution in [0.4, 0.5) is 15.2 Å². The van der Waals surface area contributed by atoms with Crippen LogP contribution in [0.2, 0.25) is 0 Å². The van der Waals surface area contributed by atoms with E-state index in [1.165, 1.54) is 45.5 Å². The SMILES string of the molecule is CC(C)(C(=O)N1CCN(c2ccc(S(=O)(=O)Nc3nccs3)cc2)C(=O)C1)n1ccc2c(F)cccc21. The van der Waals surface area contributed by atoms with Crippen LogP contribution in [0.15, 0.2) is 71.2 Å². The molecule has 2 aromatic heterocycles. The van der Waals surface area contributed by atoms with Gasteiger partial charge >= 0.3 is 0 Å². The third-order valence-corrected chi connectivity index (χ3v) is 8.60. The number of aromatic nitrogens is 2. The largest absolute Gasteiger partial charge is 0.333 e. The average molecular weight is 542 g/mol. The number of sulfonamides is 1. The van der Waals surface area contributed by atoms with Crippen LogP contribution >= 0.6 is 11.3 Å². The molecule has 2 amide bonds. The zero-order valence-corrected chi connectivity index (χ0v) is 21.7. The van der Waals surface area contributed by atoms with Gasteiger partial charge in [0.05, 0.1) is 10.4 Å². The fourth-order valence-corrected chi connectivity index (χ4v) is 6.27. The number of fused-ring (bicyclic) bond motifs is 1. The quantitative estimate of drug-likeness (QED) is 0.401. The molecule has 0 radical (unpaired) electrons. The Morgan fingerprint density at radius 2 is 1.86 bits per heavy atom. The lowest BCUT2D eigenvalue weighted by molar-refractivity contribution is -0.143. The summed E-state index contributed by atoms with van der Waals surface area (Å²) in [6.45, 7) is 3.92. The Labute approximate surface area is 217 Å². The molecule has 1 aliphatic heterocycles. The second-order valence-corrected chi connectivity index (χ2v) is 11.7. The molecule has 1 saturated heterocycles. The Morgan fingerprint density at radius 1 is 1.11 bits per heavy atom. The number of carbonyl (C=O) groups excluding carboxylic acids is 2. The Hall–Kier alpha value is -3.77. The van der Waals surface area contributed by atoms with Gasteiger partial charge in [-0.15, -0.1) is 11.3 Å². The van der Waals surface area contributed by atoms with Crippen LogP contribution < -0.4 is 9.62 Å². The molecule has 4 aromatic rings. The summed E-state index contributed by atoms with van der Waals surface area (Å²) < 4.78 is 43.5. The van der Waals surface area contributed by atoms with Crippen molar-refractivity contribution in [3.05, 3.63) is 72.1 Å². The van der Waals surface area contributed by atoms with E-state index in [0.717, 1.165) is 0 Å². The third kappa shape index (κ3) is 4.58. The molecular weight excluding hydrogens is 517 g/mol. The van der Waals surface area contributed by atoms with Gasteiger partial charge in [-0.2, -0.15) is 0 Å². The van der Waals surface area contributed by atoms with Crippen molar-refractivity contribution in [1.29, 1.82) is 0 Å². The number of thiazole rings is 1. The summed E-state index contributed by atoms with van der Waals surface area (Å²) in [5.74, 6) is -0.895. The van der Waals surface area contributed by atoms with Crippen LogP contribution in [-0.4, -0.2) is 54.3 Å². The van der Waals surface area contributed by atoms with Crippen molar-refractivity contribution in [2.24, 2.45) is 0 Å². The molecule has 0 aliphatic carbocycles. The number of amides is 2. The minimum absolute atomic E-state index is 0.0462. The van der Waals surface area contributed by atoms with E-state index in [0.29, 0.717) is 23.1 Å². The first-order valence-electron chi connectivity index (χ1n) is 11.5. The molecule has 1 N–H and O–H groups in total. The molecule has 0 spiro atoms. The van der Waals surface area contributed by atoms with Crippen molar-refractivity contribution in [3.8, 4) is 0 Å². The van der Waals surface area contributed by atoms with E-state index in [1.54, 1.807) is 60.3 Å². The monoisotopic (exact) mass is 541 g/mol. The molecule has 2 aromatic carbocycles. The van der Waals surface area contributed by atoms with E-state index < -0.39 is 15.6 Å². The van der Waals surface area contributed by atoms with Crippen LogP contribution in [0, 0.1) is 5.82 Å². The van der Waals surface area contributed by atoms with E-state index in [2.05, 4.69) is 9.71 Å². The minimum Gasteiger partial charge on any atom is -0.333 e. The summed E-state index contributed by atoms with van der Waals surface area (Å²) >= 11 is 1.17. The van der Waals surface area contributed by atoms with Gasteiger partial charge in [0.2, 0.25) is 11.8 Å². The van der Waals surface area contributed by atoms with Gasteiger partial charge in [0, 0.05) is 41.9 Å². The van der Waals surface area contributed by atoms with E-state index in [1.807, 2.05) is 0 Å². The predicted molar refractivity (Wildman–Crippen MR) is 140 cm³/mol. The molecule has 1 aliphatic rings. The van der Waals surface area contributed by atoms with Crippen molar-refractivity contribution in [3.63, 3.8) is 0 Å². The molecule has 37 heavy (non-hydrogen) atoms. The van der Waals surface area contributed by atoms with E-state index in [4.69, 9.17) is 0 Å². The number of hydrogen-bond acceptors (Lipinski definition) is 6. The van der Waals surface area contributed by atoms with E-state index >= 15 is 0 Å². The zero-order chi connectivity index (χ0) is 26.4. The lowest BCUT2D eigenvalue weighted by Gasteiger charge is -2.39. The highest BCUT2D eigenvalue weighted by molar-refractivity contribution is 7.93. The molecule has 0 unspecified atom stereocenters. The Morgan fingerprint density at radius 3 is 2.54 bits per heavy atom. The van der Waals surface area contributed by atoms with Gasteiger partial charge in [0.1, 0.15) is 17.9 Å². The van der Waals surface area contributed by atoms with Crippen LogP contribution in [0.5, 0.6) is 0 Å². The van der Waals surface area contributed by atoms with Gasteiger partial charge < -0.3 is 14.4 Å². The van der Waals surface area contributed by atoms with Crippen molar-refractivity contribution < 1.29 is 22.4 Å². The average Bonchev–Trinajstić information content (AvgIpc) is 3.54. The molecule has 192 valence electrons. The lowest BCUT2D eigenvalue weighted by Crippen LogP contribution is -2.57. The summed E-state index contributed by atoms with van der Waals surface area (Å²) in [6, 6.07) is 12.4. The molecule has 1 fully saturated rings. The highest BCUT2D eigenvalue weighted by Crippen LogP contribution is 2.29. The maximum Gasteiger partial charge on any atom is 0.263 e. The van der Waals surface area contributed by atoms with E-state index in [-0.39, 0.29) is 40.7 Å². The van der Waals surface area contributed by atoms with Gasteiger partial charge in [-0.3, -0.25) is 14.3 Å². The molecule has 0 saturated carbocycles. The summed E-state index contributed by atoms with van der Waals surface area (Å²) in [6.07, 6.45) is 3.19. The summed E-state index contributed by atoms with van der Waals surface area (Å²) in [5.41, 5.74) is 0.0949. The Bertz CT molecular complexity index is 1580. The first-order chi connectivity index (χ1) is 17.6. The zero-order valence-electron chi connectivity index (χ0n) is 20.1. The number of nitrogens with zero attached hydrogens (tertiary/aromatic N) is 4. The first-order valence-corrected chi connectivity index (χ1v) is 13.8. The highest BCUT2D eigenvalue weighted by Gasteiger charge is 2.38. The van der Waals surface area contributed by atoms with Crippen molar-refractivity contribution in [2.45, 2.75) is 24.3 Å². The van der Waals surface area contributed by atoms with Crippen molar-refractivity contribution in [1.82, 2.24) is 14.5 Å². The number of anilines is 2. The van der Waals surface area contributed by atoms with Crippen LogP contribution in [0.3, 0.4) is 0 Å². The lowest BCUT2D eigenvalue weighted by atomic mass is 10.0. The minimum atomic E-state index is -3.80. The molecule has 5 rings (SSSR count). The molecule has 12 heteroatoms.